The normalized spacial score (nSPS) is 15.5. The number of aromatic nitrogens is 4. The predicted octanol–water partition coefficient (Wildman–Crippen LogP) is 3.02. The largest absolute Gasteiger partial charge is 0.366 e. The number of pyridine rings is 1. The van der Waals surface area contributed by atoms with Crippen LogP contribution in [0.3, 0.4) is 0 Å². The Morgan fingerprint density at radius 1 is 1.19 bits per heavy atom. The number of carbonyl (C=O) groups excluding carboxylic acids is 1. The van der Waals surface area contributed by atoms with Gasteiger partial charge in [0.1, 0.15) is 17.2 Å². The quantitative estimate of drug-likeness (QED) is 0.452. The fourth-order valence-electron chi connectivity index (χ4n) is 4.27. The van der Waals surface area contributed by atoms with Crippen molar-refractivity contribution in [2.75, 3.05) is 11.9 Å². The number of nitrogens with one attached hydrogen (secondary N) is 2. The molecule has 4 aromatic rings. The van der Waals surface area contributed by atoms with Gasteiger partial charge in [-0.15, -0.1) is 0 Å². The number of hydrogen-bond donors (Lipinski definition) is 3. The van der Waals surface area contributed by atoms with Gasteiger partial charge in [-0.1, -0.05) is 37.3 Å². The van der Waals surface area contributed by atoms with Crippen molar-refractivity contribution in [3.63, 3.8) is 0 Å². The molecule has 0 fully saturated rings. The monoisotopic (exact) mass is 427 g/mol. The number of benzene rings is 1. The molecule has 0 radical (unpaired) electrons. The smallest absolute Gasteiger partial charge is 0.252 e. The Labute approximate surface area is 185 Å². The molecular formula is C24H25N7O. The molecule has 1 amide bonds. The first-order valence-corrected chi connectivity index (χ1v) is 10.7. The van der Waals surface area contributed by atoms with Gasteiger partial charge in [-0.3, -0.25) is 9.20 Å². The molecule has 1 aromatic carbocycles. The van der Waals surface area contributed by atoms with Gasteiger partial charge in [0, 0.05) is 37.3 Å². The molecular weight excluding hydrogens is 402 g/mol. The van der Waals surface area contributed by atoms with Crippen LogP contribution in [-0.2, 0) is 13.1 Å². The summed E-state index contributed by atoms with van der Waals surface area (Å²) >= 11 is 0. The highest BCUT2D eigenvalue weighted by Gasteiger charge is 2.25. The molecule has 4 heterocycles. The summed E-state index contributed by atoms with van der Waals surface area (Å²) in [6.07, 6.45) is 1.86. The Kier molecular flexibility index (Phi) is 5.07. The molecule has 3 aromatic heterocycles. The Hall–Kier alpha value is -3.78. The number of aryl methyl sites for hydroxylation is 1. The maximum absolute atomic E-state index is 11.9. The fourth-order valence-corrected chi connectivity index (χ4v) is 4.27. The van der Waals surface area contributed by atoms with Crippen molar-refractivity contribution in [2.45, 2.75) is 32.9 Å². The van der Waals surface area contributed by atoms with E-state index >= 15 is 0 Å². The lowest BCUT2D eigenvalue weighted by Gasteiger charge is -2.25. The molecule has 0 aliphatic carbocycles. The summed E-state index contributed by atoms with van der Waals surface area (Å²) in [5, 5.41) is 6.97. The van der Waals surface area contributed by atoms with Crippen molar-refractivity contribution in [1.29, 1.82) is 0 Å². The van der Waals surface area contributed by atoms with E-state index in [1.165, 1.54) is 5.56 Å². The predicted molar refractivity (Wildman–Crippen MR) is 123 cm³/mol. The lowest BCUT2D eigenvalue weighted by Crippen LogP contribution is -2.29. The van der Waals surface area contributed by atoms with Crippen molar-refractivity contribution in [3.8, 4) is 11.5 Å². The number of primary amides is 1. The molecule has 1 aliphatic heterocycles. The van der Waals surface area contributed by atoms with Crippen LogP contribution in [0.4, 0.5) is 5.82 Å². The van der Waals surface area contributed by atoms with E-state index in [1.54, 1.807) is 12.1 Å². The molecule has 162 valence electrons. The molecule has 1 aliphatic rings. The van der Waals surface area contributed by atoms with Crippen molar-refractivity contribution in [2.24, 2.45) is 5.73 Å². The molecule has 8 nitrogen and oxygen atoms in total. The Morgan fingerprint density at radius 2 is 2.00 bits per heavy atom. The van der Waals surface area contributed by atoms with Gasteiger partial charge in [0.05, 0.1) is 17.0 Å². The average molecular weight is 428 g/mol. The summed E-state index contributed by atoms with van der Waals surface area (Å²) in [6.45, 7) is 6.30. The molecule has 1 atom stereocenters. The lowest BCUT2D eigenvalue weighted by molar-refractivity contribution is 0.100. The second-order valence-corrected chi connectivity index (χ2v) is 8.16. The van der Waals surface area contributed by atoms with E-state index in [2.05, 4.69) is 34.7 Å². The van der Waals surface area contributed by atoms with Crippen molar-refractivity contribution >= 4 is 17.4 Å². The summed E-state index contributed by atoms with van der Waals surface area (Å²) < 4.78 is 1.85. The van der Waals surface area contributed by atoms with Crippen LogP contribution in [0.25, 0.3) is 17.2 Å². The minimum absolute atomic E-state index is 0.249. The first kappa shape index (κ1) is 20.1. The van der Waals surface area contributed by atoms with Crippen molar-refractivity contribution in [1.82, 2.24) is 24.7 Å². The zero-order valence-corrected chi connectivity index (χ0v) is 18.1. The molecule has 0 saturated heterocycles. The summed E-state index contributed by atoms with van der Waals surface area (Å²) in [7, 11) is 0. The first-order valence-electron chi connectivity index (χ1n) is 10.7. The minimum Gasteiger partial charge on any atom is -0.366 e. The number of nitrogens with two attached hydrogens (primary N) is 1. The summed E-state index contributed by atoms with van der Waals surface area (Å²) in [5.74, 6) is 1.13. The maximum Gasteiger partial charge on any atom is 0.252 e. The number of imidazole rings is 1. The lowest BCUT2D eigenvalue weighted by atomic mass is 9.98. The molecule has 8 heteroatoms. The van der Waals surface area contributed by atoms with Gasteiger partial charge in [-0.05, 0) is 24.6 Å². The number of amides is 1. The number of carbonyl (C=O) groups is 1. The SMILES string of the molecule is Cc1nc2c(C(N)=O)cccn2c1-c1nc(NCc2ccccc2)c2c(n1)C(C)CNC2. The number of fused-ring (bicyclic) bond motifs is 2. The third-order valence-electron chi connectivity index (χ3n) is 5.86. The number of anilines is 1. The van der Waals surface area contributed by atoms with Crippen LogP contribution in [0.1, 0.15) is 45.7 Å². The average Bonchev–Trinajstić information content (AvgIpc) is 3.14. The van der Waals surface area contributed by atoms with Crippen LogP contribution < -0.4 is 16.4 Å². The van der Waals surface area contributed by atoms with Gasteiger partial charge in [-0.25, -0.2) is 15.0 Å². The topological polar surface area (TPSA) is 110 Å². The highest BCUT2D eigenvalue weighted by molar-refractivity contribution is 5.99. The van der Waals surface area contributed by atoms with Gasteiger partial charge >= 0.3 is 0 Å². The van der Waals surface area contributed by atoms with Crippen LogP contribution in [0, 0.1) is 6.92 Å². The van der Waals surface area contributed by atoms with Gasteiger partial charge in [0.25, 0.3) is 5.91 Å². The van der Waals surface area contributed by atoms with Crippen LogP contribution in [-0.4, -0.2) is 31.8 Å². The second kappa shape index (κ2) is 8.05. The Morgan fingerprint density at radius 3 is 2.78 bits per heavy atom. The van der Waals surface area contributed by atoms with E-state index in [-0.39, 0.29) is 5.92 Å². The fraction of sp³-hybridized carbons (Fsp3) is 0.250. The molecule has 32 heavy (non-hydrogen) atoms. The number of hydrogen-bond acceptors (Lipinski definition) is 6. The second-order valence-electron chi connectivity index (χ2n) is 8.16. The highest BCUT2D eigenvalue weighted by Crippen LogP contribution is 2.31. The van der Waals surface area contributed by atoms with Crippen LogP contribution in [0.15, 0.2) is 48.7 Å². The third-order valence-corrected chi connectivity index (χ3v) is 5.86. The van der Waals surface area contributed by atoms with Gasteiger partial charge in [0.2, 0.25) is 0 Å². The summed E-state index contributed by atoms with van der Waals surface area (Å²) in [6, 6.07) is 13.7. The molecule has 4 N–H and O–H groups in total. The number of nitrogens with zero attached hydrogens (tertiary/aromatic N) is 4. The van der Waals surface area contributed by atoms with E-state index < -0.39 is 5.91 Å². The van der Waals surface area contributed by atoms with Crippen molar-refractivity contribution < 1.29 is 4.79 Å². The standard InChI is InChI=1S/C24H25N7O/c1-14-11-26-13-18-19(14)29-23(30-22(18)27-12-16-7-4-3-5-8-16)20-15(2)28-24-17(21(25)32)9-6-10-31(20)24/h3-10,14,26H,11-13H2,1-2H3,(H2,25,32)(H,27,29,30). The van der Waals surface area contributed by atoms with E-state index in [9.17, 15) is 4.79 Å². The zero-order valence-electron chi connectivity index (χ0n) is 18.1. The van der Waals surface area contributed by atoms with E-state index in [1.807, 2.05) is 35.7 Å². The minimum atomic E-state index is -0.511. The van der Waals surface area contributed by atoms with Gasteiger partial charge < -0.3 is 16.4 Å². The van der Waals surface area contributed by atoms with E-state index in [0.29, 0.717) is 23.6 Å². The third kappa shape index (κ3) is 3.48. The van der Waals surface area contributed by atoms with Crippen LogP contribution >= 0.6 is 0 Å². The summed E-state index contributed by atoms with van der Waals surface area (Å²) in [4.78, 5) is 26.4. The van der Waals surface area contributed by atoms with Gasteiger partial charge in [0.15, 0.2) is 5.82 Å². The maximum atomic E-state index is 11.9. The first-order chi connectivity index (χ1) is 15.5. The molecule has 5 rings (SSSR count). The zero-order chi connectivity index (χ0) is 22.2. The van der Waals surface area contributed by atoms with Crippen LogP contribution in [0.2, 0.25) is 0 Å². The Bertz CT molecular complexity index is 1310. The number of rotatable bonds is 5. The van der Waals surface area contributed by atoms with E-state index in [0.717, 1.165) is 41.6 Å². The molecule has 0 saturated carbocycles. The Balaban J connectivity index is 1.65. The summed E-state index contributed by atoms with van der Waals surface area (Å²) in [5.41, 5.74) is 11.3. The van der Waals surface area contributed by atoms with Crippen molar-refractivity contribution in [3.05, 3.63) is 76.7 Å². The highest BCUT2D eigenvalue weighted by atomic mass is 16.1. The molecule has 0 spiro atoms. The molecule has 0 bridgehead atoms. The van der Waals surface area contributed by atoms with Gasteiger partial charge in [-0.2, -0.15) is 0 Å². The molecule has 1 unspecified atom stereocenters. The van der Waals surface area contributed by atoms with Crippen LogP contribution in [0.5, 0.6) is 0 Å². The van der Waals surface area contributed by atoms with E-state index in [4.69, 9.17) is 15.7 Å².